The number of benzene rings is 1. The standard InChI is InChI=1S/C20H21N5O2S2/c1-3-4-10-18-23-24-19(29-18)22-17(27)12-11-15-13-28-20(21-15)25(14(2)26)16-8-6-5-7-9-16/h5-9,11-13H,3-4,10H2,1-2H3,(H,22,24,27)/b12-11+. The van der Waals surface area contributed by atoms with Gasteiger partial charge in [0.2, 0.25) is 16.9 Å². The predicted octanol–water partition coefficient (Wildman–Crippen LogP) is 4.67. The first-order valence-electron chi connectivity index (χ1n) is 9.19. The van der Waals surface area contributed by atoms with Crippen LogP contribution >= 0.6 is 22.7 Å². The van der Waals surface area contributed by atoms with Gasteiger partial charge in [0.1, 0.15) is 5.01 Å². The van der Waals surface area contributed by atoms with E-state index in [-0.39, 0.29) is 11.8 Å². The lowest BCUT2D eigenvalue weighted by Crippen LogP contribution is -2.22. The molecule has 7 nitrogen and oxygen atoms in total. The molecule has 0 unspecified atom stereocenters. The van der Waals surface area contributed by atoms with E-state index in [1.165, 1.54) is 35.7 Å². The molecule has 3 aromatic rings. The molecule has 2 amide bonds. The molecule has 0 aliphatic carbocycles. The summed E-state index contributed by atoms with van der Waals surface area (Å²) in [7, 11) is 0. The van der Waals surface area contributed by atoms with Crippen molar-refractivity contribution >= 4 is 56.5 Å². The third kappa shape index (κ3) is 5.78. The van der Waals surface area contributed by atoms with Crippen LogP contribution in [0.4, 0.5) is 16.0 Å². The molecule has 2 heterocycles. The van der Waals surface area contributed by atoms with Crippen molar-refractivity contribution in [2.24, 2.45) is 0 Å². The van der Waals surface area contributed by atoms with E-state index in [2.05, 4.69) is 27.4 Å². The fraction of sp³-hybridized carbons (Fsp3) is 0.250. The van der Waals surface area contributed by atoms with Crippen molar-refractivity contribution in [2.45, 2.75) is 33.1 Å². The zero-order chi connectivity index (χ0) is 20.6. The molecule has 1 aromatic carbocycles. The largest absolute Gasteiger partial charge is 0.297 e. The molecular weight excluding hydrogens is 406 g/mol. The lowest BCUT2D eigenvalue weighted by molar-refractivity contribution is -0.116. The number of nitrogens with one attached hydrogen (secondary N) is 1. The maximum Gasteiger partial charge on any atom is 0.250 e. The lowest BCUT2D eigenvalue weighted by Gasteiger charge is -2.17. The molecule has 0 atom stereocenters. The minimum Gasteiger partial charge on any atom is -0.297 e. The van der Waals surface area contributed by atoms with Gasteiger partial charge in [0, 0.05) is 24.8 Å². The first kappa shape index (κ1) is 20.8. The molecule has 0 fully saturated rings. The Morgan fingerprint density at radius 2 is 2.00 bits per heavy atom. The van der Waals surface area contributed by atoms with Gasteiger partial charge < -0.3 is 0 Å². The molecule has 3 rings (SSSR count). The number of para-hydroxylation sites is 1. The van der Waals surface area contributed by atoms with E-state index in [4.69, 9.17) is 0 Å². The van der Waals surface area contributed by atoms with E-state index in [0.717, 1.165) is 30.0 Å². The third-order valence-electron chi connectivity index (χ3n) is 3.88. The van der Waals surface area contributed by atoms with Crippen LogP contribution in [0.2, 0.25) is 0 Å². The van der Waals surface area contributed by atoms with Crippen molar-refractivity contribution in [2.75, 3.05) is 10.2 Å². The highest BCUT2D eigenvalue weighted by molar-refractivity contribution is 7.15. The van der Waals surface area contributed by atoms with Gasteiger partial charge in [-0.1, -0.05) is 42.9 Å². The summed E-state index contributed by atoms with van der Waals surface area (Å²) in [5.41, 5.74) is 1.35. The van der Waals surface area contributed by atoms with Crippen LogP contribution in [0.15, 0.2) is 41.8 Å². The number of carbonyl (C=O) groups excluding carboxylic acids is 2. The molecule has 150 valence electrons. The van der Waals surface area contributed by atoms with Crippen molar-refractivity contribution in [3.05, 3.63) is 52.5 Å². The van der Waals surface area contributed by atoms with Gasteiger partial charge in [-0.3, -0.25) is 19.8 Å². The Balaban J connectivity index is 1.64. The van der Waals surface area contributed by atoms with Crippen molar-refractivity contribution in [1.82, 2.24) is 15.2 Å². The molecule has 0 aliphatic rings. The van der Waals surface area contributed by atoms with Crippen LogP contribution in [-0.4, -0.2) is 27.0 Å². The molecule has 0 saturated heterocycles. The number of unbranched alkanes of at least 4 members (excludes halogenated alkanes) is 1. The summed E-state index contributed by atoms with van der Waals surface area (Å²) in [5.74, 6) is -0.432. The SMILES string of the molecule is CCCCc1nnc(NC(=O)/C=C/c2csc(N(C(C)=O)c3ccccc3)n2)s1. The van der Waals surface area contributed by atoms with Crippen molar-refractivity contribution < 1.29 is 9.59 Å². The van der Waals surface area contributed by atoms with Gasteiger partial charge in [-0.25, -0.2) is 4.98 Å². The van der Waals surface area contributed by atoms with Gasteiger partial charge in [0.15, 0.2) is 5.13 Å². The fourth-order valence-corrected chi connectivity index (χ4v) is 4.14. The van der Waals surface area contributed by atoms with Crippen LogP contribution in [0.5, 0.6) is 0 Å². The maximum absolute atomic E-state index is 12.1. The second-order valence-electron chi connectivity index (χ2n) is 6.17. The normalized spacial score (nSPS) is 11.0. The van der Waals surface area contributed by atoms with Crippen molar-refractivity contribution in [3.63, 3.8) is 0 Å². The summed E-state index contributed by atoms with van der Waals surface area (Å²) in [4.78, 5) is 30.2. The second-order valence-corrected chi connectivity index (χ2v) is 8.07. The van der Waals surface area contributed by atoms with Crippen LogP contribution < -0.4 is 10.2 Å². The van der Waals surface area contributed by atoms with Crippen molar-refractivity contribution in [1.29, 1.82) is 0 Å². The Hall–Kier alpha value is -2.91. The highest BCUT2D eigenvalue weighted by atomic mass is 32.1. The Labute approximate surface area is 177 Å². The first-order valence-corrected chi connectivity index (χ1v) is 10.9. The van der Waals surface area contributed by atoms with E-state index < -0.39 is 0 Å². The summed E-state index contributed by atoms with van der Waals surface area (Å²) < 4.78 is 0. The van der Waals surface area contributed by atoms with Gasteiger partial charge in [-0.15, -0.1) is 21.5 Å². The molecular formula is C20H21N5O2S2. The number of rotatable bonds is 8. The summed E-state index contributed by atoms with van der Waals surface area (Å²) in [6, 6.07) is 9.32. The highest BCUT2D eigenvalue weighted by Crippen LogP contribution is 2.29. The minimum absolute atomic E-state index is 0.131. The molecule has 0 saturated carbocycles. The number of amides is 2. The smallest absolute Gasteiger partial charge is 0.250 e. The maximum atomic E-state index is 12.1. The number of aryl methyl sites for hydroxylation is 1. The molecule has 29 heavy (non-hydrogen) atoms. The van der Waals surface area contributed by atoms with Crippen LogP contribution in [0.25, 0.3) is 6.08 Å². The molecule has 0 aliphatic heterocycles. The number of carbonyl (C=O) groups is 2. The molecule has 2 aromatic heterocycles. The van der Waals surface area contributed by atoms with Crippen LogP contribution in [0.3, 0.4) is 0 Å². The summed E-state index contributed by atoms with van der Waals surface area (Å²) in [5, 5.41) is 14.5. The minimum atomic E-state index is -0.302. The third-order valence-corrected chi connectivity index (χ3v) is 5.62. The van der Waals surface area contributed by atoms with Gasteiger partial charge in [-0.2, -0.15) is 0 Å². The lowest BCUT2D eigenvalue weighted by atomic mass is 10.3. The summed E-state index contributed by atoms with van der Waals surface area (Å²) >= 11 is 2.72. The monoisotopic (exact) mass is 427 g/mol. The number of anilines is 3. The number of hydrogen-bond acceptors (Lipinski definition) is 7. The van der Waals surface area contributed by atoms with Crippen LogP contribution in [0.1, 0.15) is 37.4 Å². The fourth-order valence-electron chi connectivity index (χ4n) is 2.50. The van der Waals surface area contributed by atoms with Gasteiger partial charge in [0.05, 0.1) is 11.4 Å². The van der Waals surface area contributed by atoms with Gasteiger partial charge in [0.25, 0.3) is 0 Å². The van der Waals surface area contributed by atoms with E-state index in [1.54, 1.807) is 16.4 Å². The molecule has 0 spiro atoms. The zero-order valence-electron chi connectivity index (χ0n) is 16.2. The Bertz CT molecular complexity index is 997. The van der Waals surface area contributed by atoms with Gasteiger partial charge >= 0.3 is 0 Å². The molecule has 9 heteroatoms. The quantitative estimate of drug-likeness (QED) is 0.528. The van der Waals surface area contributed by atoms with Gasteiger partial charge in [-0.05, 0) is 24.6 Å². The Morgan fingerprint density at radius 3 is 2.72 bits per heavy atom. The van der Waals surface area contributed by atoms with Crippen LogP contribution in [-0.2, 0) is 16.0 Å². The Morgan fingerprint density at radius 1 is 1.21 bits per heavy atom. The molecule has 1 N–H and O–H groups in total. The number of aromatic nitrogens is 3. The topological polar surface area (TPSA) is 88.1 Å². The predicted molar refractivity (Wildman–Crippen MR) is 118 cm³/mol. The average molecular weight is 428 g/mol. The summed E-state index contributed by atoms with van der Waals surface area (Å²) in [6.45, 7) is 3.61. The number of nitrogens with zero attached hydrogens (tertiary/aromatic N) is 4. The van der Waals surface area contributed by atoms with E-state index >= 15 is 0 Å². The van der Waals surface area contributed by atoms with Crippen molar-refractivity contribution in [3.8, 4) is 0 Å². The number of hydrogen-bond donors (Lipinski definition) is 1. The van der Waals surface area contributed by atoms with E-state index in [1.807, 2.05) is 30.3 Å². The zero-order valence-corrected chi connectivity index (χ0v) is 17.8. The van der Waals surface area contributed by atoms with E-state index in [9.17, 15) is 9.59 Å². The van der Waals surface area contributed by atoms with E-state index in [0.29, 0.717) is 16.0 Å². The summed E-state index contributed by atoms with van der Waals surface area (Å²) in [6.07, 6.45) is 6.01. The first-order chi connectivity index (χ1) is 14.1. The number of thiazole rings is 1. The Kier molecular flexibility index (Phi) is 7.20. The average Bonchev–Trinajstić information content (AvgIpc) is 3.35. The van der Waals surface area contributed by atoms with Crippen LogP contribution in [0, 0.1) is 0 Å². The highest BCUT2D eigenvalue weighted by Gasteiger charge is 2.17. The molecule has 0 bridgehead atoms. The second kappa shape index (κ2) is 10.0. The molecule has 0 radical (unpaired) electrons.